The number of amides is 4. The molecule has 1 unspecified atom stereocenters. The van der Waals surface area contributed by atoms with E-state index in [4.69, 9.17) is 4.74 Å². The molecule has 0 radical (unpaired) electrons. The van der Waals surface area contributed by atoms with E-state index in [0.717, 1.165) is 17.7 Å². The lowest BCUT2D eigenvalue weighted by molar-refractivity contribution is 0.0557. The van der Waals surface area contributed by atoms with Gasteiger partial charge in [-0.15, -0.1) is 0 Å². The maximum Gasteiger partial charge on any atom is 0.261 e. The summed E-state index contributed by atoms with van der Waals surface area (Å²) >= 11 is 0. The van der Waals surface area contributed by atoms with Crippen LogP contribution in [0.4, 0.5) is 0 Å². The highest BCUT2D eigenvalue weighted by Gasteiger charge is 2.38. The predicted octanol–water partition coefficient (Wildman–Crippen LogP) is 4.28. The van der Waals surface area contributed by atoms with Crippen molar-refractivity contribution in [2.24, 2.45) is 5.92 Å². The van der Waals surface area contributed by atoms with Crippen molar-refractivity contribution < 1.29 is 23.9 Å². The molecule has 2 aromatic carbocycles. The SMILES string of the molecule is CCCCC(CC)COCCCN1C(=O)c2ccc3c4c(ccc(c24)C1=O)C(=O)N(C)C3=O. The average Bonchev–Trinajstić information content (AvgIpc) is 2.83. The second-order valence-corrected chi connectivity index (χ2v) is 8.85. The first kappa shape index (κ1) is 23.1. The van der Waals surface area contributed by atoms with Crippen LogP contribution in [0.25, 0.3) is 10.8 Å². The molecular formula is C26H30N2O5. The van der Waals surface area contributed by atoms with Crippen LogP contribution in [-0.4, -0.2) is 60.2 Å². The summed E-state index contributed by atoms with van der Waals surface area (Å²) < 4.78 is 5.83. The Morgan fingerprint density at radius 1 is 0.788 bits per heavy atom. The summed E-state index contributed by atoms with van der Waals surface area (Å²) in [5.74, 6) is -1.12. The molecule has 4 rings (SSSR count). The molecule has 2 heterocycles. The fourth-order valence-corrected chi connectivity index (χ4v) is 4.72. The van der Waals surface area contributed by atoms with Gasteiger partial charge >= 0.3 is 0 Å². The number of rotatable bonds is 10. The van der Waals surface area contributed by atoms with Gasteiger partial charge in [-0.1, -0.05) is 33.1 Å². The zero-order chi connectivity index (χ0) is 23.7. The smallest absolute Gasteiger partial charge is 0.261 e. The maximum absolute atomic E-state index is 13.2. The van der Waals surface area contributed by atoms with Crippen LogP contribution in [0.2, 0.25) is 0 Å². The molecule has 0 bridgehead atoms. The molecule has 2 aliphatic heterocycles. The molecule has 0 spiro atoms. The molecule has 0 aromatic heterocycles. The minimum Gasteiger partial charge on any atom is -0.381 e. The van der Waals surface area contributed by atoms with E-state index >= 15 is 0 Å². The van der Waals surface area contributed by atoms with Gasteiger partial charge in [0.05, 0.1) is 0 Å². The van der Waals surface area contributed by atoms with Gasteiger partial charge in [0.2, 0.25) is 0 Å². The van der Waals surface area contributed by atoms with E-state index in [9.17, 15) is 19.2 Å². The molecule has 0 fully saturated rings. The van der Waals surface area contributed by atoms with Crippen LogP contribution in [0, 0.1) is 5.92 Å². The minimum atomic E-state index is -0.431. The van der Waals surface area contributed by atoms with Gasteiger partial charge in [0, 0.05) is 59.8 Å². The monoisotopic (exact) mass is 450 g/mol. The molecule has 174 valence electrons. The van der Waals surface area contributed by atoms with Gasteiger partial charge in [-0.25, -0.2) is 0 Å². The maximum atomic E-state index is 13.2. The van der Waals surface area contributed by atoms with Crippen LogP contribution in [-0.2, 0) is 4.74 Å². The number of hydrogen-bond donors (Lipinski definition) is 0. The van der Waals surface area contributed by atoms with Gasteiger partial charge in [-0.05, 0) is 43.0 Å². The van der Waals surface area contributed by atoms with Gasteiger partial charge in [0.1, 0.15) is 0 Å². The number of unbranched alkanes of at least 4 members (excludes halogenated alkanes) is 1. The van der Waals surface area contributed by atoms with E-state index in [0.29, 0.717) is 58.6 Å². The molecule has 2 aliphatic rings. The topological polar surface area (TPSA) is 84.0 Å². The lowest BCUT2D eigenvalue weighted by Gasteiger charge is -2.30. The van der Waals surface area contributed by atoms with Crippen LogP contribution < -0.4 is 0 Å². The Morgan fingerprint density at radius 2 is 1.30 bits per heavy atom. The van der Waals surface area contributed by atoms with Crippen molar-refractivity contribution in [3.05, 3.63) is 46.5 Å². The Morgan fingerprint density at radius 3 is 1.79 bits per heavy atom. The molecule has 33 heavy (non-hydrogen) atoms. The van der Waals surface area contributed by atoms with Gasteiger partial charge in [0.15, 0.2) is 0 Å². The standard InChI is InChI=1S/C26H30N2O5/c1-4-6-8-16(5-2)15-33-14-7-13-28-25(31)19-11-9-17-21-18(24(30)27(3)23(17)29)10-12-20(22(19)21)26(28)32/h9-12,16H,4-8,13-15H2,1-3H3. The van der Waals surface area contributed by atoms with Crippen LogP contribution >= 0.6 is 0 Å². The van der Waals surface area contributed by atoms with Crippen LogP contribution in [0.1, 0.15) is 87.4 Å². The second kappa shape index (κ2) is 9.43. The Labute approximate surface area is 193 Å². The first-order valence-corrected chi connectivity index (χ1v) is 11.8. The fourth-order valence-electron chi connectivity index (χ4n) is 4.72. The highest BCUT2D eigenvalue weighted by atomic mass is 16.5. The predicted molar refractivity (Wildman–Crippen MR) is 124 cm³/mol. The van der Waals surface area contributed by atoms with Crippen LogP contribution in [0.3, 0.4) is 0 Å². The highest BCUT2D eigenvalue weighted by molar-refractivity contribution is 6.33. The van der Waals surface area contributed by atoms with Crippen molar-refractivity contribution in [1.29, 1.82) is 0 Å². The molecule has 4 amide bonds. The van der Waals surface area contributed by atoms with Gasteiger partial charge in [-0.3, -0.25) is 29.0 Å². The Hall–Kier alpha value is -3.06. The van der Waals surface area contributed by atoms with Crippen molar-refractivity contribution in [2.75, 3.05) is 26.8 Å². The number of carbonyl (C=O) groups is 4. The van der Waals surface area contributed by atoms with Crippen molar-refractivity contribution >= 4 is 34.4 Å². The van der Waals surface area contributed by atoms with E-state index in [-0.39, 0.29) is 6.54 Å². The lowest BCUT2D eigenvalue weighted by atomic mass is 9.86. The number of benzene rings is 2. The number of nitrogens with zero attached hydrogens (tertiary/aromatic N) is 2. The van der Waals surface area contributed by atoms with E-state index in [1.807, 2.05) is 0 Å². The first-order chi connectivity index (χ1) is 15.9. The Bertz CT molecular complexity index is 1070. The molecule has 0 saturated heterocycles. The average molecular weight is 451 g/mol. The third-order valence-electron chi connectivity index (χ3n) is 6.75. The summed E-state index contributed by atoms with van der Waals surface area (Å²) in [5.41, 5.74) is 1.37. The Kier molecular flexibility index (Phi) is 6.61. The minimum absolute atomic E-state index is 0.258. The number of ether oxygens (including phenoxy) is 1. The van der Waals surface area contributed by atoms with Crippen LogP contribution in [0.5, 0.6) is 0 Å². The van der Waals surface area contributed by atoms with Gasteiger partial charge in [0.25, 0.3) is 23.6 Å². The Balaban J connectivity index is 1.51. The molecule has 1 atom stereocenters. The molecule has 7 heteroatoms. The molecule has 2 aromatic rings. The van der Waals surface area contributed by atoms with Crippen molar-refractivity contribution in [3.63, 3.8) is 0 Å². The zero-order valence-corrected chi connectivity index (χ0v) is 19.5. The van der Waals surface area contributed by atoms with Crippen molar-refractivity contribution in [2.45, 2.75) is 46.0 Å². The molecular weight excluding hydrogens is 420 g/mol. The summed E-state index contributed by atoms with van der Waals surface area (Å²) in [4.78, 5) is 53.9. The summed E-state index contributed by atoms with van der Waals surface area (Å²) in [5, 5.41) is 0.810. The summed E-state index contributed by atoms with van der Waals surface area (Å²) in [6, 6.07) is 6.33. The quantitative estimate of drug-likeness (QED) is 0.398. The van der Waals surface area contributed by atoms with Crippen LogP contribution in [0.15, 0.2) is 24.3 Å². The van der Waals surface area contributed by atoms with E-state index in [2.05, 4.69) is 13.8 Å². The van der Waals surface area contributed by atoms with Gasteiger partial charge < -0.3 is 4.74 Å². The number of hydrogen-bond acceptors (Lipinski definition) is 5. The number of imide groups is 2. The lowest BCUT2D eigenvalue weighted by Crippen LogP contribution is -2.42. The summed E-state index contributed by atoms with van der Waals surface area (Å²) in [6.45, 7) is 5.79. The summed E-state index contributed by atoms with van der Waals surface area (Å²) in [7, 11) is 1.43. The van der Waals surface area contributed by atoms with E-state index in [1.165, 1.54) is 24.8 Å². The third-order valence-corrected chi connectivity index (χ3v) is 6.75. The first-order valence-electron chi connectivity index (χ1n) is 11.8. The van der Waals surface area contributed by atoms with Crippen molar-refractivity contribution in [1.82, 2.24) is 9.80 Å². The molecule has 0 N–H and O–H groups in total. The largest absolute Gasteiger partial charge is 0.381 e. The molecule has 0 saturated carbocycles. The van der Waals surface area contributed by atoms with E-state index < -0.39 is 23.6 Å². The fraction of sp³-hybridized carbons (Fsp3) is 0.462. The summed E-state index contributed by atoms with van der Waals surface area (Å²) in [6.07, 6.45) is 5.15. The molecule has 0 aliphatic carbocycles. The van der Waals surface area contributed by atoms with Gasteiger partial charge in [-0.2, -0.15) is 0 Å². The number of carbonyl (C=O) groups excluding carboxylic acids is 4. The third kappa shape index (κ3) is 3.95. The zero-order valence-electron chi connectivity index (χ0n) is 19.5. The van der Waals surface area contributed by atoms with Crippen molar-refractivity contribution in [3.8, 4) is 0 Å². The van der Waals surface area contributed by atoms with E-state index in [1.54, 1.807) is 24.3 Å². The normalized spacial score (nSPS) is 16.2. The molecule has 7 nitrogen and oxygen atoms in total. The second-order valence-electron chi connectivity index (χ2n) is 8.85. The highest BCUT2D eigenvalue weighted by Crippen LogP contribution is 2.37.